The molecular formula is C14H21N3OS. The first-order valence-corrected chi connectivity index (χ1v) is 7.76. The Kier molecular flexibility index (Phi) is 4.69. The molecule has 1 aliphatic rings. The van der Waals surface area contributed by atoms with Crippen LogP contribution in [0.2, 0.25) is 0 Å². The smallest absolute Gasteiger partial charge is 0.254 e. The lowest BCUT2D eigenvalue weighted by Gasteiger charge is -2.32. The van der Waals surface area contributed by atoms with E-state index in [1.165, 1.54) is 0 Å². The van der Waals surface area contributed by atoms with Crippen LogP contribution in [0.5, 0.6) is 0 Å². The largest absolute Gasteiger partial charge is 0.373 e. The zero-order valence-electron chi connectivity index (χ0n) is 11.8. The number of carbonyl (C=O) groups excluding carboxylic acids is 1. The van der Waals surface area contributed by atoms with Gasteiger partial charge in [0.15, 0.2) is 0 Å². The van der Waals surface area contributed by atoms with Crippen LogP contribution in [0.4, 0.5) is 5.82 Å². The van der Waals surface area contributed by atoms with Crippen LogP contribution in [0.3, 0.4) is 0 Å². The number of nitrogens with zero attached hydrogens (tertiary/aromatic N) is 2. The summed E-state index contributed by atoms with van der Waals surface area (Å²) >= 11 is 1.97. The minimum atomic E-state index is 0.126. The molecule has 0 spiro atoms. The number of aromatic nitrogens is 1. The third-order valence-electron chi connectivity index (χ3n) is 3.34. The van der Waals surface area contributed by atoms with Gasteiger partial charge in [-0.3, -0.25) is 4.79 Å². The van der Waals surface area contributed by atoms with Crippen LogP contribution in [-0.2, 0) is 0 Å². The molecule has 1 saturated heterocycles. The Bertz CT molecular complexity index is 464. The SMILES string of the molecule is CCC1CN(C(=O)c2cc(C)nc(NC)c2)CCS1. The number of amides is 1. The third-order valence-corrected chi connectivity index (χ3v) is 4.71. The molecule has 1 aliphatic heterocycles. The van der Waals surface area contributed by atoms with Crippen molar-refractivity contribution in [2.75, 3.05) is 31.2 Å². The van der Waals surface area contributed by atoms with E-state index < -0.39 is 0 Å². The Morgan fingerprint density at radius 2 is 2.37 bits per heavy atom. The summed E-state index contributed by atoms with van der Waals surface area (Å²) in [4.78, 5) is 18.8. The number of carbonyl (C=O) groups is 1. The summed E-state index contributed by atoms with van der Waals surface area (Å²) < 4.78 is 0. The molecule has 0 aromatic carbocycles. The molecular weight excluding hydrogens is 258 g/mol. The monoisotopic (exact) mass is 279 g/mol. The molecule has 0 bridgehead atoms. The third kappa shape index (κ3) is 3.41. The van der Waals surface area contributed by atoms with Crippen molar-refractivity contribution in [2.45, 2.75) is 25.5 Å². The van der Waals surface area contributed by atoms with Crippen molar-refractivity contribution in [3.05, 3.63) is 23.4 Å². The van der Waals surface area contributed by atoms with Crippen molar-refractivity contribution < 1.29 is 4.79 Å². The van der Waals surface area contributed by atoms with Gasteiger partial charge in [-0.05, 0) is 25.5 Å². The van der Waals surface area contributed by atoms with Gasteiger partial charge in [0.05, 0.1) is 0 Å². The number of rotatable bonds is 3. The number of nitrogens with one attached hydrogen (secondary N) is 1. The van der Waals surface area contributed by atoms with Gasteiger partial charge in [-0.1, -0.05) is 6.92 Å². The van der Waals surface area contributed by atoms with E-state index in [2.05, 4.69) is 17.2 Å². The van der Waals surface area contributed by atoms with Gasteiger partial charge in [-0.25, -0.2) is 4.98 Å². The maximum atomic E-state index is 12.5. The van der Waals surface area contributed by atoms with Crippen molar-refractivity contribution in [3.63, 3.8) is 0 Å². The number of thioether (sulfide) groups is 1. The minimum absolute atomic E-state index is 0.126. The summed E-state index contributed by atoms with van der Waals surface area (Å²) in [5, 5.41) is 3.57. The molecule has 2 rings (SSSR count). The molecule has 1 atom stereocenters. The number of hydrogen-bond acceptors (Lipinski definition) is 4. The predicted molar refractivity (Wildman–Crippen MR) is 81.0 cm³/mol. The molecule has 1 unspecified atom stereocenters. The number of anilines is 1. The topological polar surface area (TPSA) is 45.2 Å². The van der Waals surface area contributed by atoms with Gasteiger partial charge in [-0.2, -0.15) is 11.8 Å². The van der Waals surface area contributed by atoms with Crippen LogP contribution >= 0.6 is 11.8 Å². The highest BCUT2D eigenvalue weighted by Gasteiger charge is 2.24. The molecule has 0 radical (unpaired) electrons. The Hall–Kier alpha value is -1.23. The fraction of sp³-hybridized carbons (Fsp3) is 0.571. The van der Waals surface area contributed by atoms with Crippen molar-refractivity contribution >= 4 is 23.5 Å². The maximum Gasteiger partial charge on any atom is 0.254 e. The fourth-order valence-electron chi connectivity index (χ4n) is 2.25. The molecule has 1 aromatic rings. The minimum Gasteiger partial charge on any atom is -0.373 e. The van der Waals surface area contributed by atoms with Gasteiger partial charge < -0.3 is 10.2 Å². The summed E-state index contributed by atoms with van der Waals surface area (Å²) in [5.41, 5.74) is 1.60. The van der Waals surface area contributed by atoms with E-state index in [-0.39, 0.29) is 5.91 Å². The zero-order chi connectivity index (χ0) is 13.8. The van der Waals surface area contributed by atoms with Crippen molar-refractivity contribution in [1.29, 1.82) is 0 Å². The second kappa shape index (κ2) is 6.28. The molecule has 1 amide bonds. The fourth-order valence-corrected chi connectivity index (χ4v) is 3.43. The maximum absolute atomic E-state index is 12.5. The first-order chi connectivity index (χ1) is 9.13. The first-order valence-electron chi connectivity index (χ1n) is 6.71. The average Bonchev–Trinajstić information content (AvgIpc) is 2.45. The van der Waals surface area contributed by atoms with E-state index in [0.29, 0.717) is 5.25 Å². The second-order valence-electron chi connectivity index (χ2n) is 4.78. The summed E-state index contributed by atoms with van der Waals surface area (Å²) in [6.07, 6.45) is 1.12. The number of hydrogen-bond donors (Lipinski definition) is 1. The Labute approximate surface area is 119 Å². The Morgan fingerprint density at radius 3 is 3.05 bits per heavy atom. The quantitative estimate of drug-likeness (QED) is 0.923. The summed E-state index contributed by atoms with van der Waals surface area (Å²) in [6, 6.07) is 3.70. The number of pyridine rings is 1. The van der Waals surface area contributed by atoms with Gasteiger partial charge >= 0.3 is 0 Å². The van der Waals surface area contributed by atoms with Crippen molar-refractivity contribution in [2.24, 2.45) is 0 Å². The van der Waals surface area contributed by atoms with E-state index in [0.717, 1.165) is 42.3 Å². The molecule has 19 heavy (non-hydrogen) atoms. The highest BCUT2D eigenvalue weighted by molar-refractivity contribution is 8.00. The lowest BCUT2D eigenvalue weighted by Crippen LogP contribution is -2.41. The van der Waals surface area contributed by atoms with Crippen LogP contribution in [-0.4, -0.2) is 46.9 Å². The molecule has 1 fully saturated rings. The lowest BCUT2D eigenvalue weighted by molar-refractivity contribution is 0.0761. The summed E-state index contributed by atoms with van der Waals surface area (Å²) in [7, 11) is 1.82. The van der Waals surface area contributed by atoms with Crippen LogP contribution in [0.15, 0.2) is 12.1 Å². The van der Waals surface area contributed by atoms with Gasteiger partial charge in [0.25, 0.3) is 5.91 Å². The van der Waals surface area contributed by atoms with Gasteiger partial charge in [0, 0.05) is 42.4 Å². The molecule has 4 nitrogen and oxygen atoms in total. The first kappa shape index (κ1) is 14.2. The molecule has 104 valence electrons. The molecule has 0 aliphatic carbocycles. The molecule has 5 heteroatoms. The summed E-state index contributed by atoms with van der Waals surface area (Å²) in [5.74, 6) is 1.91. The van der Waals surface area contributed by atoms with Crippen LogP contribution in [0.25, 0.3) is 0 Å². The lowest BCUT2D eigenvalue weighted by atomic mass is 10.2. The zero-order valence-corrected chi connectivity index (χ0v) is 12.6. The number of aryl methyl sites for hydroxylation is 1. The molecule has 2 heterocycles. The molecule has 1 N–H and O–H groups in total. The molecule has 1 aromatic heterocycles. The second-order valence-corrected chi connectivity index (χ2v) is 6.19. The van der Waals surface area contributed by atoms with E-state index >= 15 is 0 Å². The average molecular weight is 279 g/mol. The van der Waals surface area contributed by atoms with Gasteiger partial charge in [0.2, 0.25) is 0 Å². The predicted octanol–water partition coefficient (Wildman–Crippen LogP) is 2.40. The van der Waals surface area contributed by atoms with Crippen LogP contribution in [0, 0.1) is 6.92 Å². The highest BCUT2D eigenvalue weighted by Crippen LogP contribution is 2.23. The van der Waals surface area contributed by atoms with E-state index in [1.807, 2.05) is 42.8 Å². The van der Waals surface area contributed by atoms with E-state index in [4.69, 9.17) is 0 Å². The Balaban J connectivity index is 2.16. The Morgan fingerprint density at radius 1 is 1.58 bits per heavy atom. The van der Waals surface area contributed by atoms with E-state index in [9.17, 15) is 4.79 Å². The normalized spacial score (nSPS) is 19.3. The molecule has 0 saturated carbocycles. The standard InChI is InChI=1S/C14H21N3OS/c1-4-12-9-17(5-6-19-12)14(18)11-7-10(2)16-13(8-11)15-3/h7-8,12H,4-6,9H2,1-3H3,(H,15,16). The summed E-state index contributed by atoms with van der Waals surface area (Å²) in [6.45, 7) is 5.80. The van der Waals surface area contributed by atoms with Gasteiger partial charge in [-0.15, -0.1) is 0 Å². The van der Waals surface area contributed by atoms with Crippen LogP contribution < -0.4 is 5.32 Å². The van der Waals surface area contributed by atoms with E-state index in [1.54, 1.807) is 0 Å². The van der Waals surface area contributed by atoms with Crippen LogP contribution in [0.1, 0.15) is 29.4 Å². The highest BCUT2D eigenvalue weighted by atomic mass is 32.2. The van der Waals surface area contributed by atoms with Crippen molar-refractivity contribution in [1.82, 2.24) is 9.88 Å². The van der Waals surface area contributed by atoms with Crippen molar-refractivity contribution in [3.8, 4) is 0 Å². The van der Waals surface area contributed by atoms with Gasteiger partial charge in [0.1, 0.15) is 5.82 Å².